The van der Waals surface area contributed by atoms with Gasteiger partial charge in [-0.1, -0.05) is 50.2 Å². The molecule has 7 nitrogen and oxygen atoms in total. The van der Waals surface area contributed by atoms with Crippen LogP contribution in [-0.2, 0) is 16.1 Å². The lowest BCUT2D eigenvalue weighted by atomic mass is 10.1. The lowest BCUT2D eigenvalue weighted by molar-refractivity contribution is -0.140. The summed E-state index contributed by atoms with van der Waals surface area (Å²) in [5, 5.41) is 4.84. The van der Waals surface area contributed by atoms with Crippen LogP contribution in [0.25, 0.3) is 10.8 Å². The van der Waals surface area contributed by atoms with Gasteiger partial charge in [0, 0.05) is 23.5 Å². The number of rotatable bonds is 10. The fraction of sp³-hybridized carbons (Fsp3) is 0.345. The third kappa shape index (κ3) is 4.91. The Hall–Kier alpha value is -3.87. The van der Waals surface area contributed by atoms with Crippen LogP contribution in [-0.4, -0.2) is 48.4 Å². The number of carbonyl (C=O) groups is 3. The molecule has 7 heteroatoms. The van der Waals surface area contributed by atoms with Crippen molar-refractivity contribution in [1.82, 2.24) is 10.2 Å². The van der Waals surface area contributed by atoms with E-state index in [9.17, 15) is 14.4 Å². The minimum Gasteiger partial charge on any atom is -0.497 e. The first-order valence-corrected chi connectivity index (χ1v) is 12.4. The molecule has 0 radical (unpaired) electrons. The van der Waals surface area contributed by atoms with Crippen molar-refractivity contribution in [2.24, 2.45) is 0 Å². The number of methoxy groups -OCH3 is 1. The first-order chi connectivity index (χ1) is 17.4. The number of anilines is 1. The zero-order chi connectivity index (χ0) is 25.8. The monoisotopic (exact) mass is 487 g/mol. The zero-order valence-corrected chi connectivity index (χ0v) is 21.3. The van der Waals surface area contributed by atoms with Crippen LogP contribution in [0.15, 0.2) is 60.7 Å². The highest BCUT2D eigenvalue weighted by molar-refractivity contribution is 6.26. The summed E-state index contributed by atoms with van der Waals surface area (Å²) in [6.45, 7) is 5.91. The maximum absolute atomic E-state index is 13.9. The highest BCUT2D eigenvalue weighted by atomic mass is 16.5. The standard InChI is InChI=1S/C29H33N3O4/c1-5-19(3)30-28(34)24(6-2)31(17-20-10-7-13-22(16-20)36-4)26(33)18-32-25-15-9-12-21-11-8-14-23(27(21)25)29(32)35/h7-16,19,24H,5-6,17-18H2,1-4H3,(H,30,34)/t19-,24-/m0/s1. The molecule has 0 aromatic heterocycles. The lowest BCUT2D eigenvalue weighted by Crippen LogP contribution is -2.53. The van der Waals surface area contributed by atoms with Gasteiger partial charge in [0.05, 0.1) is 12.8 Å². The quantitative estimate of drug-likeness (QED) is 0.456. The van der Waals surface area contributed by atoms with Crippen molar-refractivity contribution in [1.29, 1.82) is 0 Å². The second-order valence-corrected chi connectivity index (χ2v) is 9.19. The Morgan fingerprint density at radius 1 is 1.03 bits per heavy atom. The molecule has 3 amide bonds. The Labute approximate surface area is 212 Å². The molecule has 0 aliphatic carbocycles. The third-order valence-corrected chi connectivity index (χ3v) is 6.82. The van der Waals surface area contributed by atoms with Gasteiger partial charge in [-0.15, -0.1) is 0 Å². The average molecular weight is 488 g/mol. The minimum atomic E-state index is -0.673. The third-order valence-electron chi connectivity index (χ3n) is 6.82. The van der Waals surface area contributed by atoms with Gasteiger partial charge in [0.15, 0.2) is 0 Å². The Kier molecular flexibility index (Phi) is 7.58. The van der Waals surface area contributed by atoms with E-state index in [-0.39, 0.29) is 36.9 Å². The minimum absolute atomic E-state index is 0.00687. The second kappa shape index (κ2) is 10.8. The SMILES string of the molecule is CC[C@H](C)NC(=O)[C@H](CC)N(Cc1cccc(OC)c1)C(=O)CN1C(=O)c2cccc3cccc1c23. The Morgan fingerprint density at radius 3 is 2.44 bits per heavy atom. The predicted octanol–water partition coefficient (Wildman–Crippen LogP) is 4.53. The van der Waals surface area contributed by atoms with Gasteiger partial charge in [0.1, 0.15) is 18.3 Å². The summed E-state index contributed by atoms with van der Waals surface area (Å²) >= 11 is 0. The maximum Gasteiger partial charge on any atom is 0.259 e. The van der Waals surface area contributed by atoms with Crippen molar-refractivity contribution in [2.45, 2.75) is 52.2 Å². The topological polar surface area (TPSA) is 79.0 Å². The van der Waals surface area contributed by atoms with E-state index in [1.54, 1.807) is 18.1 Å². The molecule has 0 spiro atoms. The summed E-state index contributed by atoms with van der Waals surface area (Å²) < 4.78 is 5.35. The van der Waals surface area contributed by atoms with Gasteiger partial charge in [-0.25, -0.2) is 0 Å². The maximum atomic E-state index is 13.9. The molecule has 2 atom stereocenters. The molecular formula is C29H33N3O4. The smallest absolute Gasteiger partial charge is 0.259 e. The van der Waals surface area contributed by atoms with Crippen LogP contribution in [0, 0.1) is 0 Å². The van der Waals surface area contributed by atoms with Crippen molar-refractivity contribution < 1.29 is 19.1 Å². The summed E-state index contributed by atoms with van der Waals surface area (Å²) in [5.74, 6) is -0.00852. The molecule has 1 N–H and O–H groups in total. The number of hydrogen-bond acceptors (Lipinski definition) is 4. The van der Waals surface area contributed by atoms with E-state index in [1.165, 1.54) is 4.90 Å². The number of nitrogens with zero attached hydrogens (tertiary/aromatic N) is 2. The average Bonchev–Trinajstić information content (AvgIpc) is 3.16. The molecule has 0 unspecified atom stereocenters. The summed E-state index contributed by atoms with van der Waals surface area (Å²) in [7, 11) is 1.59. The number of benzene rings is 3. The Bertz CT molecular complexity index is 1280. The number of ether oxygens (including phenoxy) is 1. The Morgan fingerprint density at radius 2 is 1.75 bits per heavy atom. The van der Waals surface area contributed by atoms with Crippen LogP contribution in [0.3, 0.4) is 0 Å². The summed E-state index contributed by atoms with van der Waals surface area (Å²) in [4.78, 5) is 43.5. The highest BCUT2D eigenvalue weighted by Crippen LogP contribution is 2.37. The fourth-order valence-electron chi connectivity index (χ4n) is 4.69. The van der Waals surface area contributed by atoms with Crippen molar-refractivity contribution in [3.63, 3.8) is 0 Å². The van der Waals surface area contributed by atoms with Crippen LogP contribution in [0.2, 0.25) is 0 Å². The molecule has 0 saturated carbocycles. The van der Waals surface area contributed by atoms with Crippen molar-refractivity contribution in [2.75, 3.05) is 18.6 Å². The van der Waals surface area contributed by atoms with Gasteiger partial charge in [-0.05, 0) is 55.0 Å². The first kappa shape index (κ1) is 25.2. The molecule has 0 fully saturated rings. The van der Waals surface area contributed by atoms with Crippen LogP contribution in [0.1, 0.15) is 49.5 Å². The van der Waals surface area contributed by atoms with E-state index in [0.717, 1.165) is 28.4 Å². The van der Waals surface area contributed by atoms with Crippen molar-refractivity contribution in [3.8, 4) is 5.75 Å². The molecule has 3 aromatic rings. The molecular weight excluding hydrogens is 454 g/mol. The second-order valence-electron chi connectivity index (χ2n) is 9.19. The van der Waals surface area contributed by atoms with Gasteiger partial charge < -0.3 is 15.0 Å². The largest absolute Gasteiger partial charge is 0.497 e. The van der Waals surface area contributed by atoms with Crippen LogP contribution < -0.4 is 15.0 Å². The molecule has 0 bridgehead atoms. The van der Waals surface area contributed by atoms with Gasteiger partial charge >= 0.3 is 0 Å². The molecule has 36 heavy (non-hydrogen) atoms. The molecule has 4 rings (SSSR count). The van der Waals surface area contributed by atoms with Gasteiger partial charge in [-0.3, -0.25) is 19.3 Å². The van der Waals surface area contributed by atoms with Gasteiger partial charge in [0.2, 0.25) is 11.8 Å². The molecule has 0 saturated heterocycles. The van der Waals surface area contributed by atoms with Gasteiger partial charge in [-0.2, -0.15) is 0 Å². The van der Waals surface area contributed by atoms with E-state index in [0.29, 0.717) is 17.7 Å². The van der Waals surface area contributed by atoms with Crippen molar-refractivity contribution >= 4 is 34.2 Å². The number of carbonyl (C=O) groups excluding carboxylic acids is 3. The van der Waals surface area contributed by atoms with E-state index < -0.39 is 6.04 Å². The summed E-state index contributed by atoms with van der Waals surface area (Å²) in [5.41, 5.74) is 2.16. The van der Waals surface area contributed by atoms with Crippen LogP contribution in [0.4, 0.5) is 5.69 Å². The fourth-order valence-corrected chi connectivity index (χ4v) is 4.69. The van der Waals surface area contributed by atoms with Crippen LogP contribution >= 0.6 is 0 Å². The number of nitrogens with one attached hydrogen (secondary N) is 1. The first-order valence-electron chi connectivity index (χ1n) is 12.4. The molecule has 1 aliphatic heterocycles. The Balaban J connectivity index is 1.65. The van der Waals surface area contributed by atoms with E-state index in [4.69, 9.17) is 4.74 Å². The normalized spacial score (nSPS) is 14.0. The van der Waals surface area contributed by atoms with E-state index in [1.807, 2.05) is 75.4 Å². The molecule has 3 aromatic carbocycles. The summed E-state index contributed by atoms with van der Waals surface area (Å²) in [6, 6.07) is 18.1. The van der Waals surface area contributed by atoms with E-state index >= 15 is 0 Å². The van der Waals surface area contributed by atoms with Crippen LogP contribution in [0.5, 0.6) is 5.75 Å². The van der Waals surface area contributed by atoms with Crippen molar-refractivity contribution in [3.05, 3.63) is 71.8 Å². The number of amides is 3. The highest BCUT2D eigenvalue weighted by Gasteiger charge is 2.35. The predicted molar refractivity (Wildman–Crippen MR) is 141 cm³/mol. The van der Waals surface area contributed by atoms with Gasteiger partial charge in [0.25, 0.3) is 5.91 Å². The van der Waals surface area contributed by atoms with E-state index in [2.05, 4.69) is 5.32 Å². The summed E-state index contributed by atoms with van der Waals surface area (Å²) in [6.07, 6.45) is 1.23. The zero-order valence-electron chi connectivity index (χ0n) is 21.3. The molecule has 188 valence electrons. The number of hydrogen-bond donors (Lipinski definition) is 1. The lowest BCUT2D eigenvalue weighted by Gasteiger charge is -2.33. The molecule has 1 heterocycles. The molecule has 1 aliphatic rings.